The molecule has 1 aliphatic heterocycles. The van der Waals surface area contributed by atoms with Crippen molar-refractivity contribution in [2.45, 2.75) is 19.0 Å². The van der Waals surface area contributed by atoms with Gasteiger partial charge in [-0.25, -0.2) is 8.42 Å². The maximum Gasteiger partial charge on any atom is 0.229 e. The number of rotatable bonds is 6. The molecule has 1 aliphatic rings. The minimum atomic E-state index is -3.32. The van der Waals surface area contributed by atoms with Crippen molar-refractivity contribution < 1.29 is 8.42 Å². The van der Waals surface area contributed by atoms with Crippen LogP contribution in [0.5, 0.6) is 0 Å². The van der Waals surface area contributed by atoms with E-state index in [1.807, 2.05) is 18.2 Å². The largest absolute Gasteiger partial charge is 0.369 e. The van der Waals surface area contributed by atoms with E-state index in [1.165, 1.54) is 5.69 Å². The Labute approximate surface area is 166 Å². The first-order chi connectivity index (χ1) is 13.4. The Morgan fingerprint density at radius 1 is 1.14 bits per heavy atom. The quantitative estimate of drug-likeness (QED) is 0.509. The summed E-state index contributed by atoms with van der Waals surface area (Å²) in [7, 11) is -1.59. The van der Waals surface area contributed by atoms with Crippen LogP contribution in [0.1, 0.15) is 12.0 Å². The highest BCUT2D eigenvalue weighted by Gasteiger charge is 2.23. The number of hydrogen-bond acceptors (Lipinski definition) is 4. The second-order valence-corrected chi connectivity index (χ2v) is 8.62. The third-order valence-corrected chi connectivity index (χ3v) is 5.22. The van der Waals surface area contributed by atoms with E-state index in [0.717, 1.165) is 31.3 Å². The SMILES string of the molecule is CN=C(NCc1ccccc1NS(C)(=O)=O)NC1CCN(c2ccccc2)C1. The van der Waals surface area contributed by atoms with Crippen molar-refractivity contribution in [2.24, 2.45) is 4.99 Å². The van der Waals surface area contributed by atoms with Gasteiger partial charge in [0.2, 0.25) is 10.0 Å². The Bertz CT molecular complexity index is 915. The number of para-hydroxylation sites is 2. The molecule has 1 heterocycles. The fourth-order valence-electron chi connectivity index (χ4n) is 3.29. The second kappa shape index (κ2) is 8.97. The van der Waals surface area contributed by atoms with Gasteiger partial charge in [0.05, 0.1) is 11.9 Å². The Hall–Kier alpha value is -2.74. The maximum atomic E-state index is 11.6. The van der Waals surface area contributed by atoms with Crippen molar-refractivity contribution in [3.05, 3.63) is 60.2 Å². The fourth-order valence-corrected chi connectivity index (χ4v) is 3.89. The lowest BCUT2D eigenvalue weighted by Gasteiger charge is -2.20. The average molecular weight is 402 g/mol. The molecule has 0 spiro atoms. The molecular formula is C20H27N5O2S. The summed E-state index contributed by atoms with van der Waals surface area (Å²) < 4.78 is 25.7. The van der Waals surface area contributed by atoms with Crippen LogP contribution in [-0.4, -0.2) is 46.8 Å². The highest BCUT2D eigenvalue weighted by atomic mass is 32.2. The van der Waals surface area contributed by atoms with Crippen LogP contribution in [-0.2, 0) is 16.6 Å². The predicted octanol–water partition coefficient (Wildman–Crippen LogP) is 2.00. The van der Waals surface area contributed by atoms with Crippen LogP contribution in [0, 0.1) is 0 Å². The topological polar surface area (TPSA) is 85.8 Å². The lowest BCUT2D eigenvalue weighted by atomic mass is 10.2. The Morgan fingerprint density at radius 2 is 1.86 bits per heavy atom. The molecule has 3 rings (SSSR count). The van der Waals surface area contributed by atoms with E-state index >= 15 is 0 Å². The maximum absolute atomic E-state index is 11.6. The van der Waals surface area contributed by atoms with Gasteiger partial charge in [-0.2, -0.15) is 0 Å². The summed E-state index contributed by atoms with van der Waals surface area (Å²) in [4.78, 5) is 6.66. The molecule has 0 bridgehead atoms. The van der Waals surface area contributed by atoms with Crippen molar-refractivity contribution in [2.75, 3.05) is 36.0 Å². The van der Waals surface area contributed by atoms with Gasteiger partial charge in [0.25, 0.3) is 0 Å². The molecule has 28 heavy (non-hydrogen) atoms. The van der Waals surface area contributed by atoms with Gasteiger partial charge in [0, 0.05) is 38.4 Å². The Kier molecular flexibility index (Phi) is 6.41. The normalized spacial score (nSPS) is 17.4. The standard InChI is InChI=1S/C20H27N5O2S/c1-21-20(22-14-16-8-6-7-11-19(16)24-28(2,26)27)23-17-12-13-25(15-17)18-9-4-3-5-10-18/h3-11,17,24H,12-15H2,1-2H3,(H2,21,22,23). The molecule has 1 saturated heterocycles. The van der Waals surface area contributed by atoms with Crippen LogP contribution in [0.3, 0.4) is 0 Å². The van der Waals surface area contributed by atoms with Crippen molar-refractivity contribution in [3.63, 3.8) is 0 Å². The molecule has 2 aromatic rings. The molecule has 8 heteroatoms. The first-order valence-electron chi connectivity index (χ1n) is 9.27. The fraction of sp³-hybridized carbons (Fsp3) is 0.350. The van der Waals surface area contributed by atoms with Crippen LogP contribution in [0.2, 0.25) is 0 Å². The summed E-state index contributed by atoms with van der Waals surface area (Å²) in [6.07, 6.45) is 2.18. The zero-order valence-electron chi connectivity index (χ0n) is 16.2. The third-order valence-electron chi connectivity index (χ3n) is 4.63. The van der Waals surface area contributed by atoms with Gasteiger partial charge in [0.15, 0.2) is 5.96 Å². The van der Waals surface area contributed by atoms with E-state index in [2.05, 4.69) is 49.5 Å². The van der Waals surface area contributed by atoms with Crippen LogP contribution < -0.4 is 20.3 Å². The summed E-state index contributed by atoms with van der Waals surface area (Å²) in [6.45, 7) is 2.38. The number of nitrogens with zero attached hydrogens (tertiary/aromatic N) is 2. The number of anilines is 2. The van der Waals surface area contributed by atoms with Crippen LogP contribution in [0.25, 0.3) is 0 Å². The van der Waals surface area contributed by atoms with Gasteiger partial charge in [-0.3, -0.25) is 9.71 Å². The number of aliphatic imine (C=N–C) groups is 1. The van der Waals surface area contributed by atoms with Gasteiger partial charge in [-0.05, 0) is 30.2 Å². The number of hydrogen-bond donors (Lipinski definition) is 3. The molecule has 0 amide bonds. The van der Waals surface area contributed by atoms with Crippen molar-refractivity contribution in [1.29, 1.82) is 0 Å². The lowest BCUT2D eigenvalue weighted by molar-refractivity contribution is 0.606. The Morgan fingerprint density at radius 3 is 2.57 bits per heavy atom. The van der Waals surface area contributed by atoms with Gasteiger partial charge >= 0.3 is 0 Å². The van der Waals surface area contributed by atoms with Crippen molar-refractivity contribution in [1.82, 2.24) is 10.6 Å². The molecule has 0 aromatic heterocycles. The van der Waals surface area contributed by atoms with E-state index in [-0.39, 0.29) is 0 Å². The van der Waals surface area contributed by atoms with Gasteiger partial charge in [0.1, 0.15) is 0 Å². The molecule has 3 N–H and O–H groups in total. The molecule has 1 fully saturated rings. The highest BCUT2D eigenvalue weighted by Crippen LogP contribution is 2.20. The monoisotopic (exact) mass is 401 g/mol. The van der Waals surface area contributed by atoms with E-state index in [1.54, 1.807) is 19.2 Å². The summed E-state index contributed by atoms with van der Waals surface area (Å²) in [6, 6.07) is 18.0. The molecule has 7 nitrogen and oxygen atoms in total. The van der Waals surface area contributed by atoms with Crippen LogP contribution >= 0.6 is 0 Å². The number of benzene rings is 2. The third kappa shape index (κ3) is 5.63. The first-order valence-corrected chi connectivity index (χ1v) is 11.2. The van der Waals surface area contributed by atoms with E-state index in [4.69, 9.17) is 0 Å². The number of nitrogens with one attached hydrogen (secondary N) is 3. The van der Waals surface area contributed by atoms with Crippen LogP contribution in [0.15, 0.2) is 59.6 Å². The van der Waals surface area contributed by atoms with Crippen molar-refractivity contribution in [3.8, 4) is 0 Å². The first kappa shape index (κ1) is 20.0. The molecule has 2 aromatic carbocycles. The molecular weight excluding hydrogens is 374 g/mol. The summed E-state index contributed by atoms with van der Waals surface area (Å²) in [5, 5.41) is 6.74. The number of sulfonamides is 1. The van der Waals surface area contributed by atoms with E-state index in [9.17, 15) is 8.42 Å². The Balaban J connectivity index is 1.56. The summed E-state index contributed by atoms with van der Waals surface area (Å²) in [5.41, 5.74) is 2.66. The average Bonchev–Trinajstić information content (AvgIpc) is 3.14. The summed E-state index contributed by atoms with van der Waals surface area (Å²) in [5.74, 6) is 0.703. The zero-order valence-corrected chi connectivity index (χ0v) is 17.0. The number of guanidine groups is 1. The molecule has 1 unspecified atom stereocenters. The molecule has 150 valence electrons. The summed E-state index contributed by atoms with van der Waals surface area (Å²) >= 11 is 0. The van der Waals surface area contributed by atoms with Crippen LogP contribution in [0.4, 0.5) is 11.4 Å². The van der Waals surface area contributed by atoms with Gasteiger partial charge < -0.3 is 15.5 Å². The molecule has 0 saturated carbocycles. The molecule has 1 atom stereocenters. The molecule has 0 radical (unpaired) electrons. The lowest BCUT2D eigenvalue weighted by Crippen LogP contribution is -2.44. The second-order valence-electron chi connectivity index (χ2n) is 6.87. The minimum absolute atomic E-state index is 0.302. The van der Waals surface area contributed by atoms with E-state index in [0.29, 0.717) is 24.2 Å². The minimum Gasteiger partial charge on any atom is -0.369 e. The van der Waals surface area contributed by atoms with Crippen molar-refractivity contribution >= 4 is 27.4 Å². The smallest absolute Gasteiger partial charge is 0.229 e. The molecule has 0 aliphatic carbocycles. The van der Waals surface area contributed by atoms with Gasteiger partial charge in [-0.1, -0.05) is 36.4 Å². The van der Waals surface area contributed by atoms with E-state index < -0.39 is 10.0 Å². The zero-order chi connectivity index (χ0) is 20.0. The van der Waals surface area contributed by atoms with Gasteiger partial charge in [-0.15, -0.1) is 0 Å². The predicted molar refractivity (Wildman–Crippen MR) is 115 cm³/mol. The highest BCUT2D eigenvalue weighted by molar-refractivity contribution is 7.92.